The molecule has 0 atom stereocenters. The number of hydrogen-bond acceptors (Lipinski definition) is 4. The van der Waals surface area contributed by atoms with Crippen LogP contribution in [0.2, 0.25) is 0 Å². The first-order valence-corrected chi connectivity index (χ1v) is 3.26. The molecular weight excluding hydrogens is 148 g/mol. The van der Waals surface area contributed by atoms with Crippen molar-refractivity contribution < 1.29 is 19.7 Å². The Morgan fingerprint density at radius 2 is 2.09 bits per heavy atom. The van der Waals surface area contributed by atoms with E-state index in [0.717, 1.165) is 6.26 Å². The van der Waals surface area contributed by atoms with Crippen molar-refractivity contribution in [3.8, 4) is 0 Å². The summed E-state index contributed by atoms with van der Waals surface area (Å²) in [5.41, 5.74) is 0. The van der Waals surface area contributed by atoms with E-state index in [1.165, 1.54) is 0 Å². The molecule has 11 heavy (non-hydrogen) atoms. The van der Waals surface area contributed by atoms with Crippen LogP contribution in [0, 0.1) is 5.92 Å². The molecule has 4 nitrogen and oxygen atoms in total. The van der Waals surface area contributed by atoms with Gasteiger partial charge in [0.25, 0.3) is 0 Å². The monoisotopic (exact) mass is 160 g/mol. The first-order valence-electron chi connectivity index (χ1n) is 3.26. The lowest BCUT2D eigenvalue weighted by atomic mass is 10.1. The van der Waals surface area contributed by atoms with Crippen molar-refractivity contribution >= 4 is 5.97 Å². The molecule has 4 heteroatoms. The molecule has 64 valence electrons. The van der Waals surface area contributed by atoms with Crippen LogP contribution in [0.15, 0.2) is 12.8 Å². The Balaban J connectivity index is 3.62. The summed E-state index contributed by atoms with van der Waals surface area (Å²) in [6.45, 7) is 2.75. The Labute approximate surface area is 65.1 Å². The SMILES string of the molecule is C=COC(=O)CC(CO)CO. The third kappa shape index (κ3) is 4.52. The zero-order chi connectivity index (χ0) is 8.69. The quantitative estimate of drug-likeness (QED) is 0.426. The molecule has 0 spiro atoms. The van der Waals surface area contributed by atoms with Gasteiger partial charge in [-0.1, -0.05) is 6.58 Å². The molecule has 2 N–H and O–H groups in total. The maximum absolute atomic E-state index is 10.7. The lowest BCUT2D eigenvalue weighted by molar-refractivity contribution is -0.139. The summed E-state index contributed by atoms with van der Waals surface area (Å²) in [6.07, 6.45) is 1.03. The molecule has 0 aliphatic heterocycles. The summed E-state index contributed by atoms with van der Waals surface area (Å²) < 4.78 is 4.38. The Morgan fingerprint density at radius 3 is 2.45 bits per heavy atom. The van der Waals surface area contributed by atoms with Crippen molar-refractivity contribution in [2.45, 2.75) is 6.42 Å². The molecule has 0 aromatic rings. The number of hydrogen-bond donors (Lipinski definition) is 2. The van der Waals surface area contributed by atoms with Crippen molar-refractivity contribution in [2.24, 2.45) is 5.92 Å². The third-order valence-corrected chi connectivity index (χ3v) is 1.19. The number of aliphatic hydroxyl groups excluding tert-OH is 2. The van der Waals surface area contributed by atoms with Crippen molar-refractivity contribution in [3.05, 3.63) is 12.8 Å². The molecule has 0 saturated heterocycles. The number of aliphatic hydroxyl groups is 2. The number of rotatable bonds is 5. The molecule has 0 aliphatic rings. The fourth-order valence-electron chi connectivity index (χ4n) is 0.564. The molecule has 0 aromatic carbocycles. The molecular formula is C7H12O4. The second-order valence-corrected chi connectivity index (χ2v) is 2.09. The molecule has 0 radical (unpaired) electrons. The minimum atomic E-state index is -0.492. The first-order chi connectivity index (χ1) is 5.24. The Kier molecular flexibility index (Phi) is 5.42. The van der Waals surface area contributed by atoms with Gasteiger partial charge in [0.2, 0.25) is 0 Å². The fourth-order valence-corrected chi connectivity index (χ4v) is 0.564. The molecule has 0 fully saturated rings. The maximum atomic E-state index is 10.7. The largest absolute Gasteiger partial charge is 0.435 e. The Hall–Kier alpha value is -0.870. The van der Waals surface area contributed by atoms with Crippen LogP contribution in [-0.4, -0.2) is 29.4 Å². The molecule has 0 heterocycles. The third-order valence-electron chi connectivity index (χ3n) is 1.19. The molecule has 0 saturated carbocycles. The van der Waals surface area contributed by atoms with E-state index >= 15 is 0 Å². The Bertz CT molecular complexity index is 128. The predicted octanol–water partition coefficient (Wildman–Crippen LogP) is -0.336. The van der Waals surface area contributed by atoms with Gasteiger partial charge in [-0.05, 0) is 0 Å². The number of carbonyl (C=O) groups excluding carboxylic acids is 1. The first kappa shape index (κ1) is 10.1. The van der Waals surface area contributed by atoms with Crippen LogP contribution in [-0.2, 0) is 9.53 Å². The molecule has 0 rings (SSSR count). The van der Waals surface area contributed by atoms with Gasteiger partial charge < -0.3 is 14.9 Å². The summed E-state index contributed by atoms with van der Waals surface area (Å²) in [7, 11) is 0. The summed E-state index contributed by atoms with van der Waals surface area (Å²) in [5.74, 6) is -0.921. The average Bonchev–Trinajstić information content (AvgIpc) is 2.01. The molecule has 0 unspecified atom stereocenters. The summed E-state index contributed by atoms with van der Waals surface area (Å²) in [5, 5.41) is 17.1. The average molecular weight is 160 g/mol. The van der Waals surface area contributed by atoms with Crippen LogP contribution in [0.5, 0.6) is 0 Å². The van der Waals surface area contributed by atoms with Crippen LogP contribution >= 0.6 is 0 Å². The normalized spacial score (nSPS) is 9.73. The van der Waals surface area contributed by atoms with E-state index in [9.17, 15) is 4.79 Å². The molecule has 0 bridgehead atoms. The van der Waals surface area contributed by atoms with Gasteiger partial charge in [0.1, 0.15) is 0 Å². The molecule has 0 aliphatic carbocycles. The fraction of sp³-hybridized carbons (Fsp3) is 0.571. The van der Waals surface area contributed by atoms with E-state index < -0.39 is 11.9 Å². The highest BCUT2D eigenvalue weighted by Gasteiger charge is 2.11. The Morgan fingerprint density at radius 1 is 1.55 bits per heavy atom. The summed E-state index contributed by atoms with van der Waals surface area (Å²) >= 11 is 0. The van der Waals surface area contributed by atoms with Crippen molar-refractivity contribution in [1.82, 2.24) is 0 Å². The minimum Gasteiger partial charge on any atom is -0.435 e. The highest BCUT2D eigenvalue weighted by atomic mass is 16.5. The predicted molar refractivity (Wildman–Crippen MR) is 38.6 cm³/mol. The standard InChI is InChI=1S/C7H12O4/c1-2-11-7(10)3-6(4-8)5-9/h2,6,8-9H,1,3-5H2. The van der Waals surface area contributed by atoms with Gasteiger partial charge in [-0.25, -0.2) is 0 Å². The van der Waals surface area contributed by atoms with Gasteiger partial charge in [0.15, 0.2) is 0 Å². The van der Waals surface area contributed by atoms with Crippen molar-refractivity contribution in [3.63, 3.8) is 0 Å². The van der Waals surface area contributed by atoms with Gasteiger partial charge >= 0.3 is 5.97 Å². The van der Waals surface area contributed by atoms with Crippen LogP contribution in [0.1, 0.15) is 6.42 Å². The van der Waals surface area contributed by atoms with Crippen LogP contribution in [0.25, 0.3) is 0 Å². The highest BCUT2D eigenvalue weighted by molar-refractivity contribution is 5.70. The van der Waals surface area contributed by atoms with Gasteiger partial charge in [-0.2, -0.15) is 0 Å². The zero-order valence-electron chi connectivity index (χ0n) is 6.19. The van der Waals surface area contributed by atoms with Gasteiger partial charge in [0, 0.05) is 19.1 Å². The minimum absolute atomic E-state index is 0.0129. The van der Waals surface area contributed by atoms with Gasteiger partial charge in [-0.15, -0.1) is 0 Å². The highest BCUT2D eigenvalue weighted by Crippen LogP contribution is 2.01. The van der Waals surface area contributed by atoms with Gasteiger partial charge in [-0.3, -0.25) is 4.79 Å². The smallest absolute Gasteiger partial charge is 0.311 e. The van der Waals surface area contributed by atoms with E-state index in [1.807, 2.05) is 0 Å². The van der Waals surface area contributed by atoms with Crippen LogP contribution < -0.4 is 0 Å². The lowest BCUT2D eigenvalue weighted by Gasteiger charge is -2.07. The van der Waals surface area contributed by atoms with E-state index in [2.05, 4.69) is 11.3 Å². The van der Waals surface area contributed by atoms with Crippen LogP contribution in [0.3, 0.4) is 0 Å². The maximum Gasteiger partial charge on any atom is 0.311 e. The van der Waals surface area contributed by atoms with E-state index in [0.29, 0.717) is 0 Å². The summed E-state index contributed by atoms with van der Waals surface area (Å²) in [6, 6.07) is 0. The number of carbonyl (C=O) groups is 1. The van der Waals surface area contributed by atoms with Gasteiger partial charge in [0.05, 0.1) is 12.7 Å². The van der Waals surface area contributed by atoms with Crippen LogP contribution in [0.4, 0.5) is 0 Å². The number of esters is 1. The summed E-state index contributed by atoms with van der Waals surface area (Å²) in [4.78, 5) is 10.7. The van der Waals surface area contributed by atoms with Crippen molar-refractivity contribution in [2.75, 3.05) is 13.2 Å². The zero-order valence-corrected chi connectivity index (χ0v) is 6.19. The molecule has 0 aromatic heterocycles. The van der Waals surface area contributed by atoms with E-state index in [1.54, 1.807) is 0 Å². The second kappa shape index (κ2) is 5.88. The lowest BCUT2D eigenvalue weighted by Crippen LogP contribution is -2.16. The topological polar surface area (TPSA) is 66.8 Å². The van der Waals surface area contributed by atoms with E-state index in [4.69, 9.17) is 10.2 Å². The molecule has 0 amide bonds. The second-order valence-electron chi connectivity index (χ2n) is 2.09. The van der Waals surface area contributed by atoms with Crippen molar-refractivity contribution in [1.29, 1.82) is 0 Å². The van der Waals surface area contributed by atoms with E-state index in [-0.39, 0.29) is 19.6 Å². The number of ether oxygens (including phenoxy) is 1.